The molecule has 1 fully saturated rings. The molecule has 1 aliphatic rings. The number of H-pyrrole nitrogens is 1. The van der Waals surface area contributed by atoms with Gasteiger partial charge in [-0.25, -0.2) is 0 Å². The number of aryl methyl sites for hydroxylation is 1. The lowest BCUT2D eigenvalue weighted by Gasteiger charge is -2.13. The molecule has 0 aliphatic carbocycles. The smallest absolute Gasteiger partial charge is 0.316 e. The van der Waals surface area contributed by atoms with E-state index >= 15 is 0 Å². The molecule has 1 saturated heterocycles. The fourth-order valence-corrected chi connectivity index (χ4v) is 3.57. The zero-order chi connectivity index (χ0) is 21.1. The molecule has 1 atom stereocenters. The van der Waals surface area contributed by atoms with Crippen LogP contribution in [0.25, 0.3) is 11.0 Å². The highest BCUT2D eigenvalue weighted by Gasteiger charge is 2.16. The number of aromatic amines is 1. The molecule has 0 radical (unpaired) electrons. The molecule has 2 aromatic carbocycles. The lowest BCUT2D eigenvalue weighted by molar-refractivity contribution is 0.0680. The summed E-state index contributed by atoms with van der Waals surface area (Å²) in [6, 6.07) is 12.0. The third-order valence-electron chi connectivity index (χ3n) is 5.11. The lowest BCUT2D eigenvalue weighted by Crippen LogP contribution is -2.36. The number of nitrogens with one attached hydrogen (secondary N) is 2. The van der Waals surface area contributed by atoms with Crippen LogP contribution in [0.4, 0.5) is 5.69 Å². The highest BCUT2D eigenvalue weighted by atomic mass is 16.5. The van der Waals surface area contributed by atoms with Gasteiger partial charge in [-0.15, -0.1) is 0 Å². The molecule has 8 heteroatoms. The molecule has 0 saturated carbocycles. The Labute approximate surface area is 172 Å². The van der Waals surface area contributed by atoms with Gasteiger partial charge in [-0.05, 0) is 50.1 Å². The predicted molar refractivity (Wildman–Crippen MR) is 113 cm³/mol. The summed E-state index contributed by atoms with van der Waals surface area (Å²) in [5, 5.41) is 2.84. The van der Waals surface area contributed by atoms with Crippen molar-refractivity contribution in [3.05, 3.63) is 68.7 Å². The maximum atomic E-state index is 12.7. The van der Waals surface area contributed by atoms with Crippen molar-refractivity contribution in [3.63, 3.8) is 0 Å². The van der Waals surface area contributed by atoms with Crippen molar-refractivity contribution >= 4 is 22.6 Å². The van der Waals surface area contributed by atoms with Crippen LogP contribution < -0.4 is 21.2 Å². The van der Waals surface area contributed by atoms with Gasteiger partial charge < -0.3 is 24.3 Å². The number of nitrogens with zero attached hydrogens (tertiary/aromatic N) is 1. The number of hydrogen-bond donors (Lipinski definition) is 2. The first-order valence-corrected chi connectivity index (χ1v) is 9.98. The third kappa shape index (κ3) is 4.13. The number of aromatic nitrogens is 2. The summed E-state index contributed by atoms with van der Waals surface area (Å²) >= 11 is 0. The van der Waals surface area contributed by atoms with Gasteiger partial charge in [0, 0.05) is 30.5 Å². The number of hydrogen-bond acceptors (Lipinski definition) is 5. The van der Waals surface area contributed by atoms with Gasteiger partial charge in [0.05, 0.1) is 17.1 Å². The zero-order valence-corrected chi connectivity index (χ0v) is 16.6. The van der Waals surface area contributed by atoms with E-state index in [1.807, 2.05) is 6.07 Å². The number of fused-ring (bicyclic) bond motifs is 1. The second-order valence-corrected chi connectivity index (χ2v) is 7.16. The molecule has 2 heterocycles. The van der Waals surface area contributed by atoms with Gasteiger partial charge in [0.2, 0.25) is 0 Å². The molecular formula is C22H23N3O5. The molecule has 30 heavy (non-hydrogen) atoms. The molecule has 1 aliphatic heterocycles. The highest BCUT2D eigenvalue weighted by molar-refractivity contribution is 6.06. The molecule has 1 aromatic heterocycles. The second-order valence-electron chi connectivity index (χ2n) is 7.16. The van der Waals surface area contributed by atoms with Crippen LogP contribution in [0, 0.1) is 0 Å². The minimum absolute atomic E-state index is 0.114. The summed E-state index contributed by atoms with van der Waals surface area (Å²) in [6.45, 7) is 3.41. The minimum Gasteiger partial charge on any atom is -0.491 e. The van der Waals surface area contributed by atoms with Crippen LogP contribution in [-0.2, 0) is 11.3 Å². The molecule has 0 spiro atoms. The molecule has 3 aromatic rings. The van der Waals surface area contributed by atoms with Gasteiger partial charge in [0.25, 0.3) is 5.91 Å². The van der Waals surface area contributed by atoms with Crippen LogP contribution >= 0.6 is 0 Å². The molecule has 0 bridgehead atoms. The molecular weight excluding hydrogens is 386 g/mol. The van der Waals surface area contributed by atoms with Crippen LogP contribution in [0.15, 0.2) is 52.1 Å². The van der Waals surface area contributed by atoms with Crippen molar-refractivity contribution in [1.82, 2.24) is 9.55 Å². The van der Waals surface area contributed by atoms with E-state index in [-0.39, 0.29) is 12.0 Å². The maximum Gasteiger partial charge on any atom is 0.316 e. The van der Waals surface area contributed by atoms with Crippen molar-refractivity contribution in [3.8, 4) is 5.75 Å². The largest absolute Gasteiger partial charge is 0.491 e. The number of benzene rings is 2. The molecule has 1 unspecified atom stereocenters. The fraction of sp³-hybridized carbons (Fsp3) is 0.318. The van der Waals surface area contributed by atoms with Crippen molar-refractivity contribution in [2.24, 2.45) is 0 Å². The van der Waals surface area contributed by atoms with E-state index in [1.54, 1.807) is 43.3 Å². The Balaban J connectivity index is 1.51. The monoisotopic (exact) mass is 409 g/mol. The van der Waals surface area contributed by atoms with Crippen LogP contribution in [0.3, 0.4) is 0 Å². The molecule has 2 N–H and O–H groups in total. The lowest BCUT2D eigenvalue weighted by atomic mass is 10.1. The minimum atomic E-state index is -0.710. The Morgan fingerprint density at radius 2 is 2.13 bits per heavy atom. The van der Waals surface area contributed by atoms with E-state index in [0.717, 1.165) is 19.4 Å². The van der Waals surface area contributed by atoms with Crippen molar-refractivity contribution in [2.75, 3.05) is 18.5 Å². The van der Waals surface area contributed by atoms with Gasteiger partial charge in [0.15, 0.2) is 0 Å². The van der Waals surface area contributed by atoms with E-state index in [1.165, 1.54) is 4.57 Å². The summed E-state index contributed by atoms with van der Waals surface area (Å²) in [5.74, 6) is 0.321. The molecule has 1 amide bonds. The number of carbonyl (C=O) groups excluding carboxylic acids is 1. The Morgan fingerprint density at radius 1 is 1.27 bits per heavy atom. The molecule has 156 valence electrons. The zero-order valence-electron chi connectivity index (χ0n) is 16.6. The summed E-state index contributed by atoms with van der Waals surface area (Å²) < 4.78 is 12.7. The number of rotatable bonds is 6. The first-order chi connectivity index (χ1) is 14.5. The van der Waals surface area contributed by atoms with Crippen molar-refractivity contribution in [2.45, 2.75) is 32.4 Å². The number of carbonyl (C=O) groups is 1. The molecule has 4 rings (SSSR count). The quantitative estimate of drug-likeness (QED) is 0.609. The number of amides is 1. The average Bonchev–Trinajstić information content (AvgIpc) is 3.27. The van der Waals surface area contributed by atoms with E-state index < -0.39 is 11.1 Å². The van der Waals surface area contributed by atoms with E-state index in [0.29, 0.717) is 41.2 Å². The Bertz CT molecular complexity index is 1190. The second kappa shape index (κ2) is 8.54. The Hall–Kier alpha value is -3.39. The standard InChI is InChI=1S/C22H23N3O5/c1-2-25-19-9-8-14(11-18(19)24-21(27)22(25)28)20(26)23-15-5-3-6-16(12-15)30-13-17-7-4-10-29-17/h3,5-6,8-9,11-12,17H,2,4,7,10,13H2,1H3,(H,23,26)(H,24,27). The van der Waals surface area contributed by atoms with E-state index in [9.17, 15) is 14.4 Å². The normalized spacial score (nSPS) is 16.0. The highest BCUT2D eigenvalue weighted by Crippen LogP contribution is 2.21. The average molecular weight is 409 g/mol. The predicted octanol–water partition coefficient (Wildman–Crippen LogP) is 2.52. The number of ether oxygens (including phenoxy) is 2. The van der Waals surface area contributed by atoms with Gasteiger partial charge in [-0.3, -0.25) is 14.4 Å². The van der Waals surface area contributed by atoms with Crippen molar-refractivity contribution < 1.29 is 14.3 Å². The van der Waals surface area contributed by atoms with Crippen LogP contribution in [0.1, 0.15) is 30.1 Å². The van der Waals surface area contributed by atoms with Crippen LogP contribution in [0.2, 0.25) is 0 Å². The first-order valence-electron chi connectivity index (χ1n) is 9.98. The summed E-state index contributed by atoms with van der Waals surface area (Å²) in [6.07, 6.45) is 2.16. The topological polar surface area (TPSA) is 102 Å². The van der Waals surface area contributed by atoms with Crippen LogP contribution in [0.5, 0.6) is 5.75 Å². The Morgan fingerprint density at radius 3 is 2.90 bits per heavy atom. The Kier molecular flexibility index (Phi) is 5.67. The van der Waals surface area contributed by atoms with Crippen LogP contribution in [-0.4, -0.2) is 34.8 Å². The fourth-order valence-electron chi connectivity index (χ4n) is 3.57. The third-order valence-corrected chi connectivity index (χ3v) is 5.11. The van der Waals surface area contributed by atoms with Crippen molar-refractivity contribution in [1.29, 1.82) is 0 Å². The summed E-state index contributed by atoms with van der Waals surface area (Å²) in [5.41, 5.74) is 0.646. The van der Waals surface area contributed by atoms with Gasteiger partial charge in [-0.2, -0.15) is 0 Å². The maximum absolute atomic E-state index is 12.7. The van der Waals surface area contributed by atoms with E-state index in [2.05, 4.69) is 10.3 Å². The van der Waals surface area contributed by atoms with Gasteiger partial charge in [0.1, 0.15) is 12.4 Å². The first kappa shape index (κ1) is 19.9. The SMILES string of the molecule is CCn1c(=O)c(=O)[nH]c2cc(C(=O)Nc3cccc(OCC4CCCO4)c3)ccc21. The summed E-state index contributed by atoms with van der Waals surface area (Å²) in [4.78, 5) is 39.1. The van der Waals surface area contributed by atoms with E-state index in [4.69, 9.17) is 9.47 Å². The molecule has 8 nitrogen and oxygen atoms in total. The number of anilines is 1. The van der Waals surface area contributed by atoms with Gasteiger partial charge in [-0.1, -0.05) is 6.07 Å². The van der Waals surface area contributed by atoms with Gasteiger partial charge >= 0.3 is 11.1 Å². The summed E-state index contributed by atoms with van der Waals surface area (Å²) in [7, 11) is 0.